The quantitative estimate of drug-likeness (QED) is 0.160. The number of carbonyl (C=O) groups excluding carboxylic acids is 4. The number of primary amides is 1. The largest absolute Gasteiger partial charge is 0.480 e. The van der Waals surface area contributed by atoms with Gasteiger partial charge in [0.05, 0.1) is 18.6 Å². The molecule has 0 aliphatic heterocycles. The van der Waals surface area contributed by atoms with Crippen molar-refractivity contribution in [3.8, 4) is 0 Å². The molecule has 6 atom stereocenters. The van der Waals surface area contributed by atoms with Crippen molar-refractivity contribution in [2.75, 3.05) is 0 Å². The molecule has 0 spiro atoms. The van der Waals surface area contributed by atoms with Gasteiger partial charge in [0.15, 0.2) is 6.04 Å². The first-order valence-corrected chi connectivity index (χ1v) is 11.3. The number of rotatable bonds is 14. The van der Waals surface area contributed by atoms with Crippen molar-refractivity contribution in [1.29, 1.82) is 0 Å². The van der Waals surface area contributed by atoms with Crippen LogP contribution in [-0.4, -0.2) is 70.1 Å². The van der Waals surface area contributed by atoms with E-state index in [9.17, 15) is 34.2 Å². The van der Waals surface area contributed by atoms with Crippen LogP contribution in [0.2, 0.25) is 0 Å². The van der Waals surface area contributed by atoms with Gasteiger partial charge in [-0.05, 0) is 18.4 Å². The van der Waals surface area contributed by atoms with E-state index in [1.807, 2.05) is 0 Å². The van der Waals surface area contributed by atoms with Gasteiger partial charge < -0.3 is 37.6 Å². The predicted molar refractivity (Wildman–Crippen MR) is 126 cm³/mol. The Hall–Kier alpha value is -3.51. The molecule has 1 aromatic rings. The first-order chi connectivity index (χ1) is 16.4. The number of amides is 4. The third-order valence-electron chi connectivity index (χ3n) is 5.51. The smallest absolute Gasteiger partial charge is 0.328 e. The Morgan fingerprint density at radius 1 is 0.914 bits per heavy atom. The molecule has 12 heteroatoms. The summed E-state index contributed by atoms with van der Waals surface area (Å²) in [6.45, 7) is 4.69. The minimum absolute atomic E-state index is 0.0575. The number of hydrogen-bond donors (Lipinski definition) is 7. The van der Waals surface area contributed by atoms with Crippen LogP contribution in [0.3, 0.4) is 0 Å². The normalized spacial score (nSPS) is 16.0. The van der Waals surface area contributed by atoms with Gasteiger partial charge in [-0.25, -0.2) is 4.79 Å². The highest BCUT2D eigenvalue weighted by Gasteiger charge is 2.34. The van der Waals surface area contributed by atoms with Crippen LogP contribution in [0.15, 0.2) is 30.3 Å². The fraction of sp³-hybridized carbons (Fsp3) is 0.522. The highest BCUT2D eigenvalue weighted by molar-refractivity contribution is 5.95. The number of aliphatic hydroxyl groups is 1. The van der Waals surface area contributed by atoms with Crippen LogP contribution >= 0.6 is 0 Å². The second-order valence-corrected chi connectivity index (χ2v) is 8.46. The summed E-state index contributed by atoms with van der Waals surface area (Å²) < 4.78 is 0. The number of aliphatic carboxylic acids is 1. The second-order valence-electron chi connectivity index (χ2n) is 8.46. The van der Waals surface area contributed by atoms with Gasteiger partial charge >= 0.3 is 5.97 Å². The van der Waals surface area contributed by atoms with E-state index >= 15 is 0 Å². The number of nitrogens with two attached hydrogens (primary N) is 2. The molecule has 194 valence electrons. The molecule has 1 aromatic carbocycles. The van der Waals surface area contributed by atoms with Crippen LogP contribution in [0, 0.1) is 5.92 Å². The molecule has 12 nitrogen and oxygen atoms in total. The molecule has 1 rings (SSSR count). The van der Waals surface area contributed by atoms with Crippen molar-refractivity contribution in [3.63, 3.8) is 0 Å². The van der Waals surface area contributed by atoms with Crippen molar-refractivity contribution >= 4 is 29.6 Å². The van der Waals surface area contributed by atoms with Crippen LogP contribution in [0.1, 0.15) is 39.2 Å². The van der Waals surface area contributed by atoms with Gasteiger partial charge in [0.1, 0.15) is 12.1 Å². The van der Waals surface area contributed by atoms with Crippen LogP contribution in [-0.2, 0) is 30.4 Å². The van der Waals surface area contributed by atoms with Gasteiger partial charge in [-0.3, -0.25) is 19.2 Å². The average molecular weight is 494 g/mol. The molecule has 0 saturated heterocycles. The molecule has 35 heavy (non-hydrogen) atoms. The van der Waals surface area contributed by atoms with Crippen LogP contribution in [0.25, 0.3) is 0 Å². The summed E-state index contributed by atoms with van der Waals surface area (Å²) in [6.07, 6.45) is -1.27. The van der Waals surface area contributed by atoms with Gasteiger partial charge in [-0.15, -0.1) is 0 Å². The van der Waals surface area contributed by atoms with Gasteiger partial charge in [-0.2, -0.15) is 0 Å². The maximum atomic E-state index is 13.2. The molecule has 0 aliphatic rings. The number of hydrogen-bond acceptors (Lipinski definition) is 7. The monoisotopic (exact) mass is 493 g/mol. The van der Waals surface area contributed by atoms with Crippen molar-refractivity contribution in [2.24, 2.45) is 17.4 Å². The van der Waals surface area contributed by atoms with E-state index in [1.165, 1.54) is 6.92 Å². The zero-order valence-corrected chi connectivity index (χ0v) is 20.1. The van der Waals surface area contributed by atoms with Crippen LogP contribution in [0.5, 0.6) is 0 Å². The molecule has 0 bridgehead atoms. The Morgan fingerprint density at radius 3 is 1.97 bits per heavy atom. The average Bonchev–Trinajstić information content (AvgIpc) is 2.79. The summed E-state index contributed by atoms with van der Waals surface area (Å²) in [5.74, 6) is -4.90. The number of nitrogens with one attached hydrogen (secondary N) is 3. The minimum atomic E-state index is -1.57. The second kappa shape index (κ2) is 14.0. The van der Waals surface area contributed by atoms with Crippen LogP contribution in [0.4, 0.5) is 0 Å². The number of benzene rings is 1. The van der Waals surface area contributed by atoms with E-state index in [2.05, 4.69) is 16.0 Å². The summed E-state index contributed by atoms with van der Waals surface area (Å²) >= 11 is 0. The lowest BCUT2D eigenvalue weighted by Gasteiger charge is -2.28. The fourth-order valence-electron chi connectivity index (χ4n) is 3.23. The zero-order chi connectivity index (χ0) is 26.7. The Labute approximate surface area is 203 Å². The summed E-state index contributed by atoms with van der Waals surface area (Å²) in [5.41, 5.74) is 11.5. The predicted octanol–water partition coefficient (Wildman–Crippen LogP) is -1.60. The van der Waals surface area contributed by atoms with E-state index < -0.39 is 72.2 Å². The van der Waals surface area contributed by atoms with Gasteiger partial charge in [-0.1, -0.05) is 50.6 Å². The molecule has 0 aliphatic carbocycles. The molecule has 6 unspecified atom stereocenters. The molecule has 0 saturated carbocycles. The number of carboxylic acids is 1. The van der Waals surface area contributed by atoms with Gasteiger partial charge in [0, 0.05) is 6.42 Å². The molecule has 4 amide bonds. The number of carbonyl (C=O) groups is 5. The molecular weight excluding hydrogens is 458 g/mol. The van der Waals surface area contributed by atoms with E-state index in [4.69, 9.17) is 11.5 Å². The van der Waals surface area contributed by atoms with E-state index in [0.29, 0.717) is 12.0 Å². The molecule has 0 heterocycles. The first-order valence-electron chi connectivity index (χ1n) is 11.3. The van der Waals surface area contributed by atoms with Gasteiger partial charge in [0.25, 0.3) is 0 Å². The number of carboxylic acid groups (broad SMARTS) is 1. The lowest BCUT2D eigenvalue weighted by molar-refractivity contribution is -0.145. The molecule has 0 aromatic heterocycles. The SMILES string of the molecule is CCC(C)C(NC(=O)C(Cc1ccccc1)NC(=O)C(N)CC(N)=O)C(=O)NC(C(=O)O)C(C)O. The minimum Gasteiger partial charge on any atom is -0.480 e. The highest BCUT2D eigenvalue weighted by atomic mass is 16.4. The van der Waals surface area contributed by atoms with Crippen molar-refractivity contribution in [3.05, 3.63) is 35.9 Å². The van der Waals surface area contributed by atoms with E-state index in [-0.39, 0.29) is 6.42 Å². The standard InChI is InChI=1S/C23H35N5O7/c1-4-12(2)18(22(33)28-19(13(3)29)23(34)35)27-21(32)16(10-14-8-6-5-7-9-14)26-20(31)15(24)11-17(25)30/h5-9,12-13,15-16,18-19,29H,4,10-11,24H2,1-3H3,(H2,25,30)(H,26,31)(H,27,32)(H,28,33)(H,34,35). The van der Waals surface area contributed by atoms with Gasteiger partial charge in [0.2, 0.25) is 23.6 Å². The maximum absolute atomic E-state index is 13.2. The maximum Gasteiger partial charge on any atom is 0.328 e. The zero-order valence-electron chi connectivity index (χ0n) is 20.1. The third-order valence-corrected chi connectivity index (χ3v) is 5.51. The van der Waals surface area contributed by atoms with Crippen molar-refractivity contribution in [1.82, 2.24) is 16.0 Å². The summed E-state index contributed by atoms with van der Waals surface area (Å²) in [7, 11) is 0. The fourth-order valence-corrected chi connectivity index (χ4v) is 3.23. The summed E-state index contributed by atoms with van der Waals surface area (Å²) in [5, 5.41) is 26.3. The Morgan fingerprint density at radius 2 is 1.49 bits per heavy atom. The summed E-state index contributed by atoms with van der Waals surface area (Å²) in [4.78, 5) is 61.1. The number of aliphatic hydroxyl groups excluding tert-OH is 1. The topological polar surface area (TPSA) is 214 Å². The molecule has 0 fully saturated rings. The van der Waals surface area contributed by atoms with Crippen molar-refractivity contribution in [2.45, 2.75) is 70.3 Å². The van der Waals surface area contributed by atoms with Crippen LogP contribution < -0.4 is 27.4 Å². The lowest BCUT2D eigenvalue weighted by atomic mass is 9.96. The Balaban J connectivity index is 3.14. The summed E-state index contributed by atoms with van der Waals surface area (Å²) in [6, 6.07) is 3.63. The van der Waals surface area contributed by atoms with E-state index in [1.54, 1.807) is 44.2 Å². The van der Waals surface area contributed by atoms with Crippen molar-refractivity contribution < 1.29 is 34.2 Å². The molecular formula is C23H35N5O7. The first kappa shape index (κ1) is 29.5. The Bertz CT molecular complexity index is 894. The highest BCUT2D eigenvalue weighted by Crippen LogP contribution is 2.11. The Kier molecular flexibility index (Phi) is 11.8. The lowest BCUT2D eigenvalue weighted by Crippen LogP contribution is -2.60. The molecule has 9 N–H and O–H groups in total. The van der Waals surface area contributed by atoms with E-state index in [0.717, 1.165) is 0 Å². The molecule has 0 radical (unpaired) electrons. The third kappa shape index (κ3) is 9.71.